The molecule has 1 nitrogen and oxygen atoms in total. The Bertz CT molecular complexity index is 266. The van der Waals surface area contributed by atoms with Crippen molar-refractivity contribution in [2.24, 2.45) is 0 Å². The molecule has 1 heterocycles. The summed E-state index contributed by atoms with van der Waals surface area (Å²) in [4.78, 5) is 3.98. The van der Waals surface area contributed by atoms with Crippen molar-refractivity contribution in [2.75, 3.05) is 0 Å². The largest absolute Gasteiger partial charge is 0.245 e. The standard InChI is InChI=1S/C10H12ClN/c11-10-7-9(5-6-12-10)8-3-1-2-4-8/h5-8H,1-4H2. The van der Waals surface area contributed by atoms with Gasteiger partial charge in [-0.2, -0.15) is 0 Å². The predicted molar refractivity (Wildman–Crippen MR) is 50.5 cm³/mol. The molecule has 1 aliphatic rings. The van der Waals surface area contributed by atoms with Gasteiger partial charge in [-0.3, -0.25) is 0 Å². The highest BCUT2D eigenvalue weighted by Crippen LogP contribution is 2.34. The summed E-state index contributed by atoms with van der Waals surface area (Å²) in [6.07, 6.45) is 7.17. The van der Waals surface area contributed by atoms with Crippen LogP contribution in [0, 0.1) is 0 Å². The summed E-state index contributed by atoms with van der Waals surface area (Å²) < 4.78 is 0. The third-order valence-corrected chi connectivity index (χ3v) is 2.78. The van der Waals surface area contributed by atoms with Gasteiger partial charge < -0.3 is 0 Å². The lowest BCUT2D eigenvalue weighted by molar-refractivity contribution is 0.722. The molecule has 0 atom stereocenters. The number of hydrogen-bond acceptors (Lipinski definition) is 1. The molecule has 1 aromatic rings. The Kier molecular flexibility index (Phi) is 2.31. The first kappa shape index (κ1) is 8.06. The Balaban J connectivity index is 2.21. The van der Waals surface area contributed by atoms with E-state index in [0.29, 0.717) is 5.15 Å². The Hall–Kier alpha value is -0.560. The topological polar surface area (TPSA) is 12.9 Å². The van der Waals surface area contributed by atoms with Crippen molar-refractivity contribution in [1.82, 2.24) is 4.98 Å². The molecule has 0 amide bonds. The Labute approximate surface area is 77.8 Å². The fraction of sp³-hybridized carbons (Fsp3) is 0.500. The minimum absolute atomic E-state index is 0.624. The van der Waals surface area contributed by atoms with Crippen molar-refractivity contribution < 1.29 is 0 Å². The molecular weight excluding hydrogens is 170 g/mol. The molecule has 64 valence electrons. The van der Waals surface area contributed by atoms with Gasteiger partial charge in [-0.1, -0.05) is 24.4 Å². The molecule has 2 rings (SSSR count). The molecule has 0 N–H and O–H groups in total. The van der Waals surface area contributed by atoms with Gasteiger partial charge in [0.1, 0.15) is 5.15 Å². The Morgan fingerprint density at radius 3 is 2.75 bits per heavy atom. The molecule has 1 fully saturated rings. The fourth-order valence-corrected chi connectivity index (χ4v) is 2.11. The molecule has 0 spiro atoms. The maximum atomic E-state index is 5.81. The second kappa shape index (κ2) is 3.44. The lowest BCUT2D eigenvalue weighted by Crippen LogP contribution is -1.91. The minimum atomic E-state index is 0.624. The van der Waals surface area contributed by atoms with Gasteiger partial charge in [-0.15, -0.1) is 0 Å². The van der Waals surface area contributed by atoms with Crippen LogP contribution >= 0.6 is 11.6 Å². The van der Waals surface area contributed by atoms with Crippen LogP contribution in [0.1, 0.15) is 37.2 Å². The van der Waals surface area contributed by atoms with E-state index < -0.39 is 0 Å². The van der Waals surface area contributed by atoms with Crippen LogP contribution < -0.4 is 0 Å². The molecule has 2 heteroatoms. The van der Waals surface area contributed by atoms with Gasteiger partial charge >= 0.3 is 0 Å². The highest BCUT2D eigenvalue weighted by Gasteiger charge is 2.16. The SMILES string of the molecule is Clc1cc(C2CCCC2)ccn1. The van der Waals surface area contributed by atoms with Gasteiger partial charge in [0.2, 0.25) is 0 Å². The zero-order valence-electron chi connectivity index (χ0n) is 6.96. The summed E-state index contributed by atoms with van der Waals surface area (Å²) in [5.74, 6) is 0.741. The first-order chi connectivity index (χ1) is 5.86. The lowest BCUT2D eigenvalue weighted by atomic mass is 9.99. The van der Waals surface area contributed by atoms with Crippen molar-refractivity contribution in [2.45, 2.75) is 31.6 Å². The van der Waals surface area contributed by atoms with Crippen LogP contribution in [-0.2, 0) is 0 Å². The average molecular weight is 182 g/mol. The van der Waals surface area contributed by atoms with Crippen molar-refractivity contribution in [3.8, 4) is 0 Å². The molecule has 1 saturated carbocycles. The highest BCUT2D eigenvalue weighted by molar-refractivity contribution is 6.29. The van der Waals surface area contributed by atoms with Crippen molar-refractivity contribution in [1.29, 1.82) is 0 Å². The molecule has 0 bridgehead atoms. The second-order valence-electron chi connectivity index (χ2n) is 3.39. The van der Waals surface area contributed by atoms with Crippen LogP contribution in [0.2, 0.25) is 5.15 Å². The van der Waals surface area contributed by atoms with E-state index in [1.165, 1.54) is 31.2 Å². The van der Waals surface area contributed by atoms with Gasteiger partial charge in [-0.25, -0.2) is 4.98 Å². The van der Waals surface area contributed by atoms with E-state index in [-0.39, 0.29) is 0 Å². The van der Waals surface area contributed by atoms with E-state index in [2.05, 4.69) is 11.1 Å². The first-order valence-corrected chi connectivity index (χ1v) is 4.85. The number of aromatic nitrogens is 1. The Morgan fingerprint density at radius 2 is 2.08 bits per heavy atom. The summed E-state index contributed by atoms with van der Waals surface area (Å²) in [6, 6.07) is 4.08. The van der Waals surface area contributed by atoms with Crippen LogP contribution in [0.5, 0.6) is 0 Å². The van der Waals surface area contributed by atoms with E-state index in [0.717, 1.165) is 5.92 Å². The van der Waals surface area contributed by atoms with E-state index in [1.807, 2.05) is 6.07 Å². The van der Waals surface area contributed by atoms with Gasteiger partial charge in [0.25, 0.3) is 0 Å². The van der Waals surface area contributed by atoms with Crippen LogP contribution in [0.4, 0.5) is 0 Å². The number of nitrogens with zero attached hydrogens (tertiary/aromatic N) is 1. The van der Waals surface area contributed by atoms with E-state index >= 15 is 0 Å². The van der Waals surface area contributed by atoms with E-state index in [9.17, 15) is 0 Å². The van der Waals surface area contributed by atoms with E-state index in [1.54, 1.807) is 6.20 Å². The lowest BCUT2D eigenvalue weighted by Gasteiger charge is -2.08. The number of halogens is 1. The normalized spacial score (nSPS) is 18.4. The van der Waals surface area contributed by atoms with Gasteiger partial charge in [0.15, 0.2) is 0 Å². The highest BCUT2D eigenvalue weighted by atomic mass is 35.5. The fourth-order valence-electron chi connectivity index (χ4n) is 1.93. The summed E-state index contributed by atoms with van der Waals surface area (Å²) in [7, 11) is 0. The molecule has 0 radical (unpaired) electrons. The summed E-state index contributed by atoms with van der Waals surface area (Å²) in [6.45, 7) is 0. The van der Waals surface area contributed by atoms with Crippen molar-refractivity contribution >= 4 is 11.6 Å². The van der Waals surface area contributed by atoms with Gasteiger partial charge in [0, 0.05) is 6.20 Å². The Morgan fingerprint density at radius 1 is 1.33 bits per heavy atom. The summed E-state index contributed by atoms with van der Waals surface area (Å²) in [5, 5.41) is 0.624. The maximum Gasteiger partial charge on any atom is 0.129 e. The zero-order valence-corrected chi connectivity index (χ0v) is 7.72. The molecule has 1 aliphatic carbocycles. The molecule has 0 saturated heterocycles. The molecular formula is C10H12ClN. The molecule has 0 aliphatic heterocycles. The quantitative estimate of drug-likeness (QED) is 0.606. The van der Waals surface area contributed by atoms with Gasteiger partial charge in [0.05, 0.1) is 0 Å². The van der Waals surface area contributed by atoms with Gasteiger partial charge in [-0.05, 0) is 36.5 Å². The molecule has 0 unspecified atom stereocenters. The second-order valence-corrected chi connectivity index (χ2v) is 3.78. The van der Waals surface area contributed by atoms with Crippen molar-refractivity contribution in [3.63, 3.8) is 0 Å². The summed E-state index contributed by atoms with van der Waals surface area (Å²) >= 11 is 5.81. The first-order valence-electron chi connectivity index (χ1n) is 4.48. The number of hydrogen-bond donors (Lipinski definition) is 0. The smallest absolute Gasteiger partial charge is 0.129 e. The van der Waals surface area contributed by atoms with Crippen LogP contribution in [0.15, 0.2) is 18.3 Å². The maximum absolute atomic E-state index is 5.81. The minimum Gasteiger partial charge on any atom is -0.245 e. The average Bonchev–Trinajstić information content (AvgIpc) is 2.56. The number of rotatable bonds is 1. The van der Waals surface area contributed by atoms with Crippen LogP contribution in [0.3, 0.4) is 0 Å². The third kappa shape index (κ3) is 1.61. The zero-order chi connectivity index (χ0) is 8.39. The number of pyridine rings is 1. The predicted octanol–water partition coefficient (Wildman–Crippen LogP) is 3.39. The summed E-state index contributed by atoms with van der Waals surface area (Å²) in [5.41, 5.74) is 1.37. The molecule has 12 heavy (non-hydrogen) atoms. The van der Waals surface area contributed by atoms with Crippen molar-refractivity contribution in [3.05, 3.63) is 29.0 Å². The van der Waals surface area contributed by atoms with Crippen LogP contribution in [0.25, 0.3) is 0 Å². The molecule has 1 aromatic heterocycles. The van der Waals surface area contributed by atoms with Crippen LogP contribution in [-0.4, -0.2) is 4.98 Å². The third-order valence-electron chi connectivity index (χ3n) is 2.58. The monoisotopic (exact) mass is 181 g/mol. The molecule has 0 aromatic carbocycles. The van der Waals surface area contributed by atoms with E-state index in [4.69, 9.17) is 11.6 Å².